The summed E-state index contributed by atoms with van der Waals surface area (Å²) in [6.45, 7) is 9.38. The number of rotatable bonds is 6. The van der Waals surface area contributed by atoms with Gasteiger partial charge in [0.2, 0.25) is 0 Å². The average molecular weight is 379 g/mol. The Balaban J connectivity index is 1.80. The summed E-state index contributed by atoms with van der Waals surface area (Å²) < 4.78 is 0. The minimum absolute atomic E-state index is 0.843. The highest BCUT2D eigenvalue weighted by molar-refractivity contribution is 7.10. The van der Waals surface area contributed by atoms with E-state index in [4.69, 9.17) is 4.98 Å². The summed E-state index contributed by atoms with van der Waals surface area (Å²) in [5.41, 5.74) is 8.01. The molecular formula is C22H26N4S. The molecule has 0 aliphatic heterocycles. The van der Waals surface area contributed by atoms with Gasteiger partial charge < -0.3 is 4.90 Å². The van der Waals surface area contributed by atoms with Crippen molar-refractivity contribution in [2.24, 2.45) is 4.99 Å². The summed E-state index contributed by atoms with van der Waals surface area (Å²) in [7, 11) is 2.03. The second-order valence-corrected chi connectivity index (χ2v) is 7.88. The highest BCUT2D eigenvalue weighted by atomic mass is 32.1. The summed E-state index contributed by atoms with van der Waals surface area (Å²) in [6, 6.07) is 6.54. The molecule has 3 aromatic rings. The zero-order valence-electron chi connectivity index (χ0n) is 16.7. The number of pyridine rings is 1. The highest BCUT2D eigenvalue weighted by Crippen LogP contribution is 2.27. The van der Waals surface area contributed by atoms with E-state index in [1.165, 1.54) is 16.7 Å². The standard InChI is InChI=1S/C22H26N4S/c1-6-26(5)14-24-20-9-16(3)18(8-17(20)4)10-22-25-21(13-27-22)19-7-15(2)11-23-12-19/h7-9,11-14H,6,10H2,1-5H3. The predicted molar refractivity (Wildman–Crippen MR) is 115 cm³/mol. The Hall–Kier alpha value is -2.53. The first kappa shape index (κ1) is 19.2. The van der Waals surface area contributed by atoms with Gasteiger partial charge in [-0.2, -0.15) is 0 Å². The topological polar surface area (TPSA) is 41.4 Å². The van der Waals surface area contributed by atoms with Crippen molar-refractivity contribution < 1.29 is 0 Å². The molecule has 3 rings (SSSR count). The molecule has 140 valence electrons. The van der Waals surface area contributed by atoms with E-state index in [0.717, 1.165) is 40.5 Å². The Bertz CT molecular complexity index is 959. The Morgan fingerprint density at radius 2 is 1.93 bits per heavy atom. The van der Waals surface area contributed by atoms with E-state index in [-0.39, 0.29) is 0 Å². The van der Waals surface area contributed by atoms with Gasteiger partial charge in [0.25, 0.3) is 0 Å². The normalized spacial score (nSPS) is 11.3. The average Bonchev–Trinajstić information content (AvgIpc) is 3.11. The Morgan fingerprint density at radius 3 is 2.67 bits per heavy atom. The molecule has 0 bridgehead atoms. The van der Waals surface area contributed by atoms with E-state index in [1.807, 2.05) is 25.8 Å². The second kappa shape index (κ2) is 8.44. The molecule has 0 atom stereocenters. The summed E-state index contributed by atoms with van der Waals surface area (Å²) in [6.07, 6.45) is 6.48. The monoisotopic (exact) mass is 378 g/mol. The molecular weight excluding hydrogens is 352 g/mol. The lowest BCUT2D eigenvalue weighted by Gasteiger charge is -2.11. The molecule has 0 amide bonds. The van der Waals surface area contributed by atoms with Crippen LogP contribution in [0.4, 0.5) is 5.69 Å². The quantitative estimate of drug-likeness (QED) is 0.430. The molecule has 0 saturated heterocycles. The van der Waals surface area contributed by atoms with Crippen LogP contribution in [0, 0.1) is 20.8 Å². The first-order valence-electron chi connectivity index (χ1n) is 9.17. The van der Waals surface area contributed by atoms with E-state index in [1.54, 1.807) is 11.3 Å². The fourth-order valence-corrected chi connectivity index (χ4v) is 3.64. The Kier molecular flexibility index (Phi) is 6.01. The predicted octanol–water partition coefficient (Wildman–Crippen LogP) is 5.33. The van der Waals surface area contributed by atoms with Gasteiger partial charge >= 0.3 is 0 Å². The Morgan fingerprint density at radius 1 is 1.11 bits per heavy atom. The molecule has 0 N–H and O–H groups in total. The van der Waals surface area contributed by atoms with Crippen molar-refractivity contribution in [1.82, 2.24) is 14.9 Å². The number of hydrogen-bond acceptors (Lipinski definition) is 4. The fourth-order valence-electron chi connectivity index (χ4n) is 2.82. The number of hydrogen-bond donors (Lipinski definition) is 0. The van der Waals surface area contributed by atoms with E-state index >= 15 is 0 Å². The van der Waals surface area contributed by atoms with E-state index in [2.05, 4.69) is 66.2 Å². The summed E-state index contributed by atoms with van der Waals surface area (Å²) in [5.74, 6) is 0. The molecule has 2 heterocycles. The third-order valence-corrected chi connectivity index (χ3v) is 5.46. The van der Waals surface area contributed by atoms with Crippen molar-refractivity contribution in [3.63, 3.8) is 0 Å². The van der Waals surface area contributed by atoms with Crippen LogP contribution in [0.3, 0.4) is 0 Å². The zero-order valence-corrected chi connectivity index (χ0v) is 17.5. The van der Waals surface area contributed by atoms with Gasteiger partial charge in [-0.15, -0.1) is 11.3 Å². The molecule has 0 fully saturated rings. The zero-order chi connectivity index (χ0) is 19.4. The fraction of sp³-hybridized carbons (Fsp3) is 0.318. The van der Waals surface area contributed by atoms with Crippen LogP contribution in [-0.2, 0) is 6.42 Å². The number of aryl methyl sites for hydroxylation is 3. The van der Waals surface area contributed by atoms with Crippen molar-refractivity contribution in [2.45, 2.75) is 34.1 Å². The van der Waals surface area contributed by atoms with Gasteiger partial charge in [-0.1, -0.05) is 6.07 Å². The number of thiazole rings is 1. The van der Waals surface area contributed by atoms with Crippen molar-refractivity contribution in [3.05, 3.63) is 63.2 Å². The minimum Gasteiger partial charge on any atom is -0.366 e. The van der Waals surface area contributed by atoms with Gasteiger partial charge in [0, 0.05) is 43.4 Å². The lowest BCUT2D eigenvalue weighted by Crippen LogP contribution is -2.14. The van der Waals surface area contributed by atoms with E-state index in [0.29, 0.717) is 0 Å². The summed E-state index contributed by atoms with van der Waals surface area (Å²) in [4.78, 5) is 15.8. The van der Waals surface area contributed by atoms with Crippen molar-refractivity contribution in [3.8, 4) is 11.3 Å². The summed E-state index contributed by atoms with van der Waals surface area (Å²) in [5, 5.41) is 3.24. The molecule has 27 heavy (non-hydrogen) atoms. The van der Waals surface area contributed by atoms with Crippen molar-refractivity contribution in [1.29, 1.82) is 0 Å². The van der Waals surface area contributed by atoms with Crippen LogP contribution in [0.15, 0.2) is 41.0 Å². The van der Waals surface area contributed by atoms with E-state index in [9.17, 15) is 0 Å². The lowest BCUT2D eigenvalue weighted by molar-refractivity contribution is 0.552. The molecule has 0 unspecified atom stereocenters. The molecule has 0 saturated carbocycles. The van der Waals surface area contributed by atoms with Crippen LogP contribution in [0.5, 0.6) is 0 Å². The maximum absolute atomic E-state index is 4.82. The molecule has 4 nitrogen and oxygen atoms in total. The SMILES string of the molecule is CCN(C)C=Nc1cc(C)c(Cc2nc(-c3cncc(C)c3)cs2)cc1C. The highest BCUT2D eigenvalue weighted by Gasteiger charge is 2.09. The molecule has 1 aromatic carbocycles. The first-order valence-corrected chi connectivity index (χ1v) is 10.0. The number of benzene rings is 1. The van der Waals surface area contributed by atoms with Gasteiger partial charge in [-0.25, -0.2) is 9.98 Å². The third kappa shape index (κ3) is 4.80. The maximum Gasteiger partial charge on any atom is 0.0976 e. The van der Waals surface area contributed by atoms with Crippen molar-refractivity contribution >= 4 is 23.4 Å². The van der Waals surface area contributed by atoms with Gasteiger partial charge in [-0.3, -0.25) is 4.98 Å². The third-order valence-electron chi connectivity index (χ3n) is 4.61. The number of aromatic nitrogens is 2. The van der Waals surface area contributed by atoms with Gasteiger partial charge in [0.05, 0.1) is 22.7 Å². The lowest BCUT2D eigenvalue weighted by atomic mass is 10.0. The van der Waals surface area contributed by atoms with E-state index < -0.39 is 0 Å². The van der Waals surface area contributed by atoms with Crippen LogP contribution in [0.25, 0.3) is 11.3 Å². The van der Waals surface area contributed by atoms with Crippen LogP contribution in [0.1, 0.15) is 34.2 Å². The maximum atomic E-state index is 4.82. The van der Waals surface area contributed by atoms with Gasteiger partial charge in [0.1, 0.15) is 0 Å². The number of aliphatic imine (C=N–C) groups is 1. The molecule has 0 spiro atoms. The second-order valence-electron chi connectivity index (χ2n) is 6.94. The van der Waals surface area contributed by atoms with Crippen LogP contribution >= 0.6 is 11.3 Å². The molecule has 0 aliphatic carbocycles. The smallest absolute Gasteiger partial charge is 0.0976 e. The molecule has 5 heteroatoms. The van der Waals surface area contributed by atoms with Crippen LogP contribution < -0.4 is 0 Å². The summed E-state index contributed by atoms with van der Waals surface area (Å²) >= 11 is 1.71. The molecule has 0 radical (unpaired) electrons. The Labute approximate surface area is 165 Å². The number of nitrogens with zero attached hydrogens (tertiary/aromatic N) is 4. The molecule has 0 aliphatic rings. The molecule has 2 aromatic heterocycles. The largest absolute Gasteiger partial charge is 0.366 e. The first-order chi connectivity index (χ1) is 13.0. The van der Waals surface area contributed by atoms with Gasteiger partial charge in [-0.05, 0) is 62.1 Å². The van der Waals surface area contributed by atoms with Crippen LogP contribution in [0.2, 0.25) is 0 Å². The van der Waals surface area contributed by atoms with Crippen molar-refractivity contribution in [2.75, 3.05) is 13.6 Å². The van der Waals surface area contributed by atoms with Crippen LogP contribution in [-0.4, -0.2) is 34.8 Å². The minimum atomic E-state index is 0.843. The van der Waals surface area contributed by atoms with Gasteiger partial charge in [0.15, 0.2) is 0 Å².